The quantitative estimate of drug-likeness (QED) is 0.219. The molecule has 0 N–H and O–H groups in total. The summed E-state index contributed by atoms with van der Waals surface area (Å²) in [6.45, 7) is 5.99. The zero-order valence-corrected chi connectivity index (χ0v) is 17.8. The van der Waals surface area contributed by atoms with Gasteiger partial charge in [0.2, 0.25) is 0 Å². The Morgan fingerprint density at radius 3 is 1.93 bits per heavy atom. The Morgan fingerprint density at radius 1 is 0.889 bits per heavy atom. The third kappa shape index (κ3) is 14.1. The van der Waals surface area contributed by atoms with E-state index in [-0.39, 0.29) is 6.61 Å². The molecular weight excluding hydrogens is 342 g/mol. The molecule has 0 aliphatic carbocycles. The number of carbonyl (C=O) groups excluding carboxylic acids is 2. The van der Waals surface area contributed by atoms with Gasteiger partial charge in [-0.1, -0.05) is 77.1 Å². The maximum atomic E-state index is 12.0. The molecule has 0 aromatic carbocycles. The van der Waals surface area contributed by atoms with E-state index in [9.17, 15) is 9.59 Å². The lowest BCUT2D eigenvalue weighted by atomic mass is 10.1. The van der Waals surface area contributed by atoms with Gasteiger partial charge in [-0.05, 0) is 20.3 Å². The Morgan fingerprint density at radius 2 is 1.41 bits per heavy atom. The molecule has 0 aromatic heterocycles. The van der Waals surface area contributed by atoms with Crippen molar-refractivity contribution >= 4 is 12.1 Å². The van der Waals surface area contributed by atoms with Crippen LogP contribution in [0.15, 0.2) is 0 Å². The van der Waals surface area contributed by atoms with Crippen LogP contribution in [0.25, 0.3) is 0 Å². The minimum Gasteiger partial charge on any atom is -0.464 e. The summed E-state index contributed by atoms with van der Waals surface area (Å²) in [5.41, 5.74) is 0. The first-order valence-electron chi connectivity index (χ1n) is 10.5. The standard InChI is InChI=1S/C22H39NO4/c1-5-7-9-10-11-12-13-14-15-16-17-19-26-21(24)20(3)23(4)22(25)27-18-8-6-2/h20H,5,7,9-19H2,1-4H3. The van der Waals surface area contributed by atoms with Crippen molar-refractivity contribution in [3.63, 3.8) is 0 Å². The molecule has 0 aliphatic heterocycles. The van der Waals surface area contributed by atoms with Gasteiger partial charge in [-0.25, -0.2) is 9.59 Å². The minimum atomic E-state index is -0.667. The fraction of sp³-hybridized carbons (Fsp3) is 0.818. The summed E-state index contributed by atoms with van der Waals surface area (Å²) in [5.74, 6) is 4.89. The molecule has 1 atom stereocenters. The Balaban J connectivity index is 3.63. The molecule has 0 bridgehead atoms. The number of carbonyl (C=O) groups is 2. The molecule has 5 nitrogen and oxygen atoms in total. The molecule has 0 saturated carbocycles. The molecule has 1 amide bonds. The summed E-state index contributed by atoms with van der Waals surface area (Å²) >= 11 is 0. The third-order valence-corrected chi connectivity index (χ3v) is 4.65. The Bertz CT molecular complexity index is 453. The lowest BCUT2D eigenvalue weighted by Crippen LogP contribution is -2.41. The van der Waals surface area contributed by atoms with Crippen LogP contribution in [-0.2, 0) is 14.3 Å². The molecule has 0 aromatic rings. The summed E-state index contributed by atoms with van der Waals surface area (Å²) in [7, 11) is 1.52. The van der Waals surface area contributed by atoms with E-state index in [1.54, 1.807) is 13.8 Å². The van der Waals surface area contributed by atoms with Crippen molar-refractivity contribution in [3.8, 4) is 11.8 Å². The molecule has 0 fully saturated rings. The molecule has 5 heteroatoms. The monoisotopic (exact) mass is 381 g/mol. The van der Waals surface area contributed by atoms with E-state index >= 15 is 0 Å². The number of likely N-dealkylation sites (N-methyl/N-ethyl adjacent to an activating group) is 1. The largest absolute Gasteiger partial charge is 0.464 e. The number of hydrogen-bond acceptors (Lipinski definition) is 4. The van der Waals surface area contributed by atoms with Gasteiger partial charge in [0, 0.05) is 7.05 Å². The van der Waals surface area contributed by atoms with Gasteiger partial charge in [0.1, 0.15) is 6.04 Å². The number of hydrogen-bond donors (Lipinski definition) is 0. The van der Waals surface area contributed by atoms with E-state index in [1.807, 2.05) is 0 Å². The van der Waals surface area contributed by atoms with E-state index < -0.39 is 18.1 Å². The van der Waals surface area contributed by atoms with Crippen LogP contribution in [-0.4, -0.2) is 43.3 Å². The predicted octanol–water partition coefficient (Wildman–Crippen LogP) is 5.32. The van der Waals surface area contributed by atoms with E-state index in [4.69, 9.17) is 9.47 Å². The Labute approximate surface area is 166 Å². The third-order valence-electron chi connectivity index (χ3n) is 4.65. The molecular formula is C22H39NO4. The Kier molecular flexibility index (Phi) is 16.6. The zero-order valence-electron chi connectivity index (χ0n) is 17.8. The van der Waals surface area contributed by atoms with Crippen LogP contribution in [0, 0.1) is 11.8 Å². The van der Waals surface area contributed by atoms with Crippen molar-refractivity contribution in [3.05, 3.63) is 0 Å². The van der Waals surface area contributed by atoms with Gasteiger partial charge >= 0.3 is 12.1 Å². The van der Waals surface area contributed by atoms with E-state index in [0.717, 1.165) is 12.8 Å². The summed E-state index contributed by atoms with van der Waals surface area (Å²) in [6, 6.07) is -0.667. The highest BCUT2D eigenvalue weighted by atomic mass is 16.6. The van der Waals surface area contributed by atoms with Gasteiger partial charge < -0.3 is 9.47 Å². The van der Waals surface area contributed by atoms with Crippen LogP contribution >= 0.6 is 0 Å². The minimum absolute atomic E-state index is 0.0280. The van der Waals surface area contributed by atoms with Crippen molar-refractivity contribution in [1.82, 2.24) is 4.90 Å². The van der Waals surface area contributed by atoms with Crippen LogP contribution in [0.3, 0.4) is 0 Å². The van der Waals surface area contributed by atoms with Gasteiger partial charge in [-0.2, -0.15) is 0 Å². The normalized spacial score (nSPS) is 11.3. The van der Waals surface area contributed by atoms with E-state index in [1.165, 1.54) is 69.7 Å². The number of nitrogens with zero attached hydrogens (tertiary/aromatic N) is 1. The van der Waals surface area contributed by atoms with Crippen molar-refractivity contribution in [1.29, 1.82) is 0 Å². The van der Waals surface area contributed by atoms with Crippen LogP contribution in [0.5, 0.6) is 0 Å². The Hall–Kier alpha value is -1.70. The van der Waals surface area contributed by atoms with Crippen molar-refractivity contribution in [2.75, 3.05) is 20.3 Å². The molecule has 1 unspecified atom stereocenters. The van der Waals surface area contributed by atoms with Crippen LogP contribution in [0.2, 0.25) is 0 Å². The van der Waals surface area contributed by atoms with E-state index in [2.05, 4.69) is 18.8 Å². The maximum Gasteiger partial charge on any atom is 0.411 e. The van der Waals surface area contributed by atoms with Gasteiger partial charge in [0.25, 0.3) is 0 Å². The SMILES string of the molecule is CC#CCOC(=O)N(C)C(C)C(=O)OCCCCCCCCCCCCC. The summed E-state index contributed by atoms with van der Waals surface area (Å²) < 4.78 is 10.2. The number of rotatable bonds is 15. The van der Waals surface area contributed by atoms with Gasteiger partial charge in [-0.3, -0.25) is 4.90 Å². The average molecular weight is 382 g/mol. The number of ether oxygens (including phenoxy) is 2. The van der Waals surface area contributed by atoms with Gasteiger partial charge in [-0.15, -0.1) is 5.92 Å². The van der Waals surface area contributed by atoms with Crippen LogP contribution in [0.4, 0.5) is 4.79 Å². The molecule has 0 heterocycles. The first-order valence-corrected chi connectivity index (χ1v) is 10.5. The fourth-order valence-electron chi connectivity index (χ4n) is 2.65. The summed E-state index contributed by atoms with van der Waals surface area (Å²) in [5, 5.41) is 0. The fourth-order valence-corrected chi connectivity index (χ4v) is 2.65. The highest BCUT2D eigenvalue weighted by Crippen LogP contribution is 2.11. The molecule has 27 heavy (non-hydrogen) atoms. The first-order chi connectivity index (χ1) is 13.0. The molecule has 156 valence electrons. The second kappa shape index (κ2) is 17.7. The molecule has 0 aliphatic rings. The average Bonchev–Trinajstić information content (AvgIpc) is 2.67. The van der Waals surface area contributed by atoms with Crippen molar-refractivity contribution < 1.29 is 19.1 Å². The number of unbranched alkanes of at least 4 members (excludes halogenated alkanes) is 10. The highest BCUT2D eigenvalue weighted by Gasteiger charge is 2.24. The van der Waals surface area contributed by atoms with Crippen LogP contribution in [0.1, 0.15) is 91.4 Å². The van der Waals surface area contributed by atoms with Crippen LogP contribution < -0.4 is 0 Å². The molecule has 0 rings (SSSR count). The lowest BCUT2D eigenvalue weighted by Gasteiger charge is -2.22. The lowest BCUT2D eigenvalue weighted by molar-refractivity contribution is -0.148. The zero-order chi connectivity index (χ0) is 20.3. The predicted molar refractivity (Wildman–Crippen MR) is 109 cm³/mol. The summed E-state index contributed by atoms with van der Waals surface area (Å²) in [4.78, 5) is 25.0. The molecule has 0 radical (unpaired) electrons. The topological polar surface area (TPSA) is 55.8 Å². The second-order valence-electron chi connectivity index (χ2n) is 6.97. The number of esters is 1. The van der Waals surface area contributed by atoms with Gasteiger partial charge in [0.05, 0.1) is 6.61 Å². The number of amides is 1. The van der Waals surface area contributed by atoms with Crippen molar-refractivity contribution in [2.45, 2.75) is 97.4 Å². The first kappa shape index (κ1) is 25.3. The second-order valence-corrected chi connectivity index (χ2v) is 6.97. The van der Waals surface area contributed by atoms with Crippen molar-refractivity contribution in [2.24, 2.45) is 0 Å². The smallest absolute Gasteiger partial charge is 0.411 e. The maximum absolute atomic E-state index is 12.0. The highest BCUT2D eigenvalue weighted by molar-refractivity contribution is 5.80. The van der Waals surface area contributed by atoms with E-state index in [0.29, 0.717) is 6.61 Å². The molecule has 0 spiro atoms. The molecule has 0 saturated heterocycles. The summed E-state index contributed by atoms with van der Waals surface area (Å²) in [6.07, 6.45) is 13.2. The van der Waals surface area contributed by atoms with Gasteiger partial charge in [0.15, 0.2) is 6.61 Å².